The zero-order valence-electron chi connectivity index (χ0n) is 18.8. The van der Waals surface area contributed by atoms with Crippen molar-refractivity contribution in [3.63, 3.8) is 0 Å². The van der Waals surface area contributed by atoms with Crippen molar-refractivity contribution in [2.24, 2.45) is 21.9 Å². The molecule has 0 aliphatic carbocycles. The van der Waals surface area contributed by atoms with E-state index in [1.807, 2.05) is 18.2 Å². The molecule has 1 fully saturated rings. The molecule has 2 aromatic carbocycles. The van der Waals surface area contributed by atoms with E-state index in [0.717, 1.165) is 54.9 Å². The Bertz CT molecular complexity index is 1140. The Morgan fingerprint density at radius 2 is 1.78 bits per heavy atom. The second kappa shape index (κ2) is 8.92. The number of anilines is 1. The van der Waals surface area contributed by atoms with Crippen LogP contribution in [0.3, 0.4) is 0 Å². The molecule has 8 heteroatoms. The monoisotopic (exact) mass is 451 g/mol. The van der Waals surface area contributed by atoms with E-state index < -0.39 is 0 Å². The molecule has 1 aliphatic rings. The number of piperazine rings is 1. The molecule has 4 N–H and O–H groups in total. The van der Waals surface area contributed by atoms with E-state index in [1.54, 1.807) is 6.07 Å². The van der Waals surface area contributed by atoms with Gasteiger partial charge in [0.05, 0.1) is 11.2 Å². The average molecular weight is 452 g/mol. The van der Waals surface area contributed by atoms with Crippen LogP contribution < -0.4 is 16.4 Å². The quantitative estimate of drug-likeness (QED) is 0.459. The fourth-order valence-corrected chi connectivity index (χ4v) is 4.33. The number of guanidine groups is 1. The number of nitrogens with two attached hydrogens (primary N) is 2. The largest absolute Gasteiger partial charge is 0.370 e. The number of halogens is 1. The predicted molar refractivity (Wildman–Crippen MR) is 134 cm³/mol. The highest BCUT2D eigenvalue weighted by Gasteiger charge is 2.22. The van der Waals surface area contributed by atoms with Crippen molar-refractivity contribution in [2.75, 3.05) is 37.6 Å². The smallest absolute Gasteiger partial charge is 0.253 e. The van der Waals surface area contributed by atoms with Crippen LogP contribution in [0.5, 0.6) is 0 Å². The molecule has 0 amide bonds. The molecule has 0 unspecified atom stereocenters. The highest BCUT2D eigenvalue weighted by Crippen LogP contribution is 2.32. The number of benzene rings is 2. The first kappa shape index (κ1) is 22.3. The third kappa shape index (κ3) is 5.29. The SMILES string of the molecule is CC(C)(C)CN1CCN(c2cccc(-c3nc(N=C(N)N)nc4ccc(Cl)cc34)c2)CC1. The van der Waals surface area contributed by atoms with Crippen molar-refractivity contribution >= 4 is 40.1 Å². The van der Waals surface area contributed by atoms with Crippen molar-refractivity contribution < 1.29 is 0 Å². The molecule has 0 radical (unpaired) electrons. The van der Waals surface area contributed by atoms with Crippen LogP contribution in [0.2, 0.25) is 5.02 Å². The summed E-state index contributed by atoms with van der Waals surface area (Å²) in [6, 6.07) is 14.0. The zero-order chi connectivity index (χ0) is 22.9. The van der Waals surface area contributed by atoms with E-state index in [4.69, 9.17) is 23.1 Å². The van der Waals surface area contributed by atoms with E-state index in [2.05, 4.69) is 63.7 Å². The molecule has 1 aliphatic heterocycles. The minimum atomic E-state index is -0.0776. The molecule has 7 nitrogen and oxygen atoms in total. The number of rotatable bonds is 4. The van der Waals surface area contributed by atoms with E-state index in [1.165, 1.54) is 5.69 Å². The first-order chi connectivity index (χ1) is 15.2. The van der Waals surface area contributed by atoms with Crippen LogP contribution in [0.15, 0.2) is 47.5 Å². The van der Waals surface area contributed by atoms with Crippen LogP contribution >= 0.6 is 11.6 Å². The van der Waals surface area contributed by atoms with Gasteiger partial charge in [0, 0.05) is 54.4 Å². The van der Waals surface area contributed by atoms with Gasteiger partial charge in [-0.2, -0.15) is 4.99 Å². The average Bonchev–Trinajstić information content (AvgIpc) is 2.72. The molecule has 32 heavy (non-hydrogen) atoms. The van der Waals surface area contributed by atoms with Gasteiger partial charge < -0.3 is 16.4 Å². The van der Waals surface area contributed by atoms with Gasteiger partial charge in [-0.05, 0) is 35.7 Å². The summed E-state index contributed by atoms with van der Waals surface area (Å²) < 4.78 is 0. The van der Waals surface area contributed by atoms with Gasteiger partial charge in [0.15, 0.2) is 5.96 Å². The summed E-state index contributed by atoms with van der Waals surface area (Å²) in [5.41, 5.74) is 15.1. The number of hydrogen-bond acceptors (Lipinski definition) is 5. The van der Waals surface area contributed by atoms with Gasteiger partial charge in [-0.1, -0.05) is 44.5 Å². The fraction of sp³-hybridized carbons (Fsp3) is 0.375. The van der Waals surface area contributed by atoms with Crippen LogP contribution in [0.25, 0.3) is 22.2 Å². The van der Waals surface area contributed by atoms with Gasteiger partial charge in [-0.25, -0.2) is 9.97 Å². The summed E-state index contributed by atoms with van der Waals surface area (Å²) in [5, 5.41) is 1.49. The zero-order valence-corrected chi connectivity index (χ0v) is 19.6. The summed E-state index contributed by atoms with van der Waals surface area (Å²) in [6.07, 6.45) is 0. The molecule has 1 saturated heterocycles. The summed E-state index contributed by atoms with van der Waals surface area (Å²) in [5.74, 6) is 0.155. The summed E-state index contributed by atoms with van der Waals surface area (Å²) in [4.78, 5) is 18.1. The van der Waals surface area contributed by atoms with Crippen LogP contribution in [0, 0.1) is 5.41 Å². The number of aromatic nitrogens is 2. The fourth-order valence-electron chi connectivity index (χ4n) is 4.16. The Morgan fingerprint density at radius 3 is 2.47 bits per heavy atom. The maximum Gasteiger partial charge on any atom is 0.253 e. The summed E-state index contributed by atoms with van der Waals surface area (Å²) in [7, 11) is 0. The second-order valence-electron chi connectivity index (χ2n) is 9.44. The molecule has 1 aromatic heterocycles. The molecular weight excluding hydrogens is 422 g/mol. The van der Waals surface area contributed by atoms with Gasteiger partial charge in [-0.15, -0.1) is 0 Å². The standard InChI is InChI=1S/C24H30ClN7/c1-24(2,3)15-31-9-11-32(12-10-31)18-6-4-5-16(13-18)21-19-14-17(25)7-8-20(19)28-23(29-21)30-22(26)27/h4-8,13-14H,9-12,15H2,1-3H3,(H4,26,27,28,29,30). The first-order valence-corrected chi connectivity index (χ1v) is 11.2. The van der Waals surface area contributed by atoms with Gasteiger partial charge in [0.25, 0.3) is 5.95 Å². The van der Waals surface area contributed by atoms with E-state index in [9.17, 15) is 0 Å². The molecule has 168 valence electrons. The van der Waals surface area contributed by atoms with E-state index in [-0.39, 0.29) is 11.9 Å². The minimum Gasteiger partial charge on any atom is -0.370 e. The third-order valence-corrected chi connectivity index (χ3v) is 5.67. The maximum atomic E-state index is 6.28. The minimum absolute atomic E-state index is 0.0776. The lowest BCUT2D eigenvalue weighted by Gasteiger charge is -2.39. The van der Waals surface area contributed by atoms with Crippen molar-refractivity contribution in [1.29, 1.82) is 0 Å². The van der Waals surface area contributed by atoms with Crippen molar-refractivity contribution in [3.05, 3.63) is 47.5 Å². The predicted octanol–water partition coefficient (Wildman–Crippen LogP) is 4.02. The Balaban J connectivity index is 1.66. The molecule has 0 saturated carbocycles. The number of hydrogen-bond donors (Lipinski definition) is 2. The summed E-state index contributed by atoms with van der Waals surface area (Å²) in [6.45, 7) is 12.1. The van der Waals surface area contributed by atoms with Crippen molar-refractivity contribution in [2.45, 2.75) is 20.8 Å². The van der Waals surface area contributed by atoms with Crippen molar-refractivity contribution in [3.8, 4) is 11.3 Å². The highest BCUT2D eigenvalue weighted by molar-refractivity contribution is 6.31. The third-order valence-electron chi connectivity index (χ3n) is 5.43. The highest BCUT2D eigenvalue weighted by atomic mass is 35.5. The lowest BCUT2D eigenvalue weighted by Crippen LogP contribution is -2.48. The van der Waals surface area contributed by atoms with E-state index in [0.29, 0.717) is 10.4 Å². The molecule has 4 rings (SSSR count). The van der Waals surface area contributed by atoms with Crippen LogP contribution in [0.4, 0.5) is 11.6 Å². The second-order valence-corrected chi connectivity index (χ2v) is 9.88. The molecule has 0 bridgehead atoms. The number of nitrogens with zero attached hydrogens (tertiary/aromatic N) is 5. The molecular formula is C24H30ClN7. The molecule has 3 aromatic rings. The lowest BCUT2D eigenvalue weighted by molar-refractivity contribution is 0.182. The van der Waals surface area contributed by atoms with Gasteiger partial charge in [0.1, 0.15) is 0 Å². The topological polar surface area (TPSA) is 96.7 Å². The maximum absolute atomic E-state index is 6.28. The first-order valence-electron chi connectivity index (χ1n) is 10.8. The van der Waals surface area contributed by atoms with Crippen LogP contribution in [0.1, 0.15) is 20.8 Å². The van der Waals surface area contributed by atoms with Gasteiger partial charge in [0.2, 0.25) is 0 Å². The number of fused-ring (bicyclic) bond motifs is 1. The Kier molecular flexibility index (Phi) is 6.22. The van der Waals surface area contributed by atoms with Crippen LogP contribution in [-0.2, 0) is 0 Å². The Hall–Kier alpha value is -2.90. The Morgan fingerprint density at radius 1 is 1.03 bits per heavy atom. The van der Waals surface area contributed by atoms with E-state index >= 15 is 0 Å². The summed E-state index contributed by atoms with van der Waals surface area (Å²) >= 11 is 6.28. The van der Waals surface area contributed by atoms with Crippen molar-refractivity contribution in [1.82, 2.24) is 14.9 Å². The molecule has 2 heterocycles. The lowest BCUT2D eigenvalue weighted by atomic mass is 9.96. The van der Waals surface area contributed by atoms with Gasteiger partial charge >= 0.3 is 0 Å². The molecule has 0 spiro atoms. The van der Waals surface area contributed by atoms with Crippen LogP contribution in [-0.4, -0.2) is 53.6 Å². The normalized spacial score (nSPS) is 15.2. The molecule has 0 atom stereocenters. The van der Waals surface area contributed by atoms with Gasteiger partial charge in [-0.3, -0.25) is 4.90 Å². The number of aliphatic imine (C=N–C) groups is 1. The Labute approximate surface area is 194 Å².